The molecule has 125 valence electrons. The number of rotatable bonds is 2. The molecule has 4 heteroatoms. The fraction of sp³-hybridized carbons (Fsp3) is 0.0455. The molecule has 0 aliphatic carbocycles. The van der Waals surface area contributed by atoms with Gasteiger partial charge in [0.05, 0.1) is 5.56 Å². The van der Waals surface area contributed by atoms with Gasteiger partial charge in [-0.15, -0.1) is 6.07 Å². The van der Waals surface area contributed by atoms with E-state index < -0.39 is 5.97 Å². The van der Waals surface area contributed by atoms with E-state index in [0.717, 1.165) is 27.1 Å². The van der Waals surface area contributed by atoms with Crippen molar-refractivity contribution in [3.63, 3.8) is 0 Å². The van der Waals surface area contributed by atoms with Crippen molar-refractivity contribution in [3.8, 4) is 11.5 Å². The molecule has 0 saturated heterocycles. The number of carboxylic acids is 1. The minimum atomic E-state index is -0.947. The molecule has 1 aliphatic heterocycles. The van der Waals surface area contributed by atoms with Gasteiger partial charge in [0.1, 0.15) is 5.75 Å². The molecule has 0 fully saturated rings. The van der Waals surface area contributed by atoms with Gasteiger partial charge in [-0.05, 0) is 35.4 Å². The zero-order valence-corrected chi connectivity index (χ0v) is 17.1. The first-order valence-corrected chi connectivity index (χ1v) is 7.90. The summed E-state index contributed by atoms with van der Waals surface area (Å²) in [6.07, 6.45) is 0. The second-order valence-electron chi connectivity index (χ2n) is 6.08. The predicted molar refractivity (Wildman–Crippen MR) is 96.3 cm³/mol. The molecular formula is C22H15O3Y-. The SMILES string of the molecule is C=c1ccc2c(c1)Oc1c[c-]ccc1C=2c1ccc(C)cc1C(=O)O.[Y]. The molecule has 26 heavy (non-hydrogen) atoms. The quantitative estimate of drug-likeness (QED) is 0.511. The second-order valence-corrected chi connectivity index (χ2v) is 6.08. The number of carboxylic acid groups (broad SMARTS) is 1. The second kappa shape index (κ2) is 7.18. The van der Waals surface area contributed by atoms with Crippen LogP contribution in [-0.4, -0.2) is 11.1 Å². The Morgan fingerprint density at radius 3 is 2.65 bits per heavy atom. The first kappa shape index (κ1) is 18.6. The van der Waals surface area contributed by atoms with Crippen molar-refractivity contribution in [1.82, 2.24) is 0 Å². The number of ether oxygens (including phenoxy) is 1. The van der Waals surface area contributed by atoms with E-state index in [1.807, 2.05) is 43.3 Å². The van der Waals surface area contributed by atoms with E-state index >= 15 is 0 Å². The fourth-order valence-corrected chi connectivity index (χ4v) is 3.17. The number of hydrogen-bond acceptors (Lipinski definition) is 2. The van der Waals surface area contributed by atoms with Crippen LogP contribution in [0.25, 0.3) is 12.2 Å². The predicted octanol–water partition coefficient (Wildman–Crippen LogP) is 3.25. The summed E-state index contributed by atoms with van der Waals surface area (Å²) in [5.74, 6) is 0.385. The van der Waals surface area contributed by atoms with Gasteiger partial charge < -0.3 is 9.84 Å². The molecule has 0 bridgehead atoms. The van der Waals surface area contributed by atoms with Gasteiger partial charge in [0.2, 0.25) is 0 Å². The molecule has 3 aromatic carbocycles. The number of aromatic carboxylic acids is 1. The third kappa shape index (κ3) is 3.13. The van der Waals surface area contributed by atoms with Crippen LogP contribution in [0, 0.1) is 13.0 Å². The van der Waals surface area contributed by atoms with Crippen LogP contribution >= 0.6 is 0 Å². The van der Waals surface area contributed by atoms with Crippen molar-refractivity contribution >= 4 is 18.1 Å². The van der Waals surface area contributed by atoms with E-state index in [-0.39, 0.29) is 38.3 Å². The Balaban J connectivity index is 0.00000196. The molecular weight excluding hydrogens is 401 g/mol. The van der Waals surface area contributed by atoms with Crippen LogP contribution in [0.1, 0.15) is 27.0 Å². The normalized spacial score (nSPS) is 11.7. The molecule has 1 aliphatic rings. The largest absolute Gasteiger partial charge is 0.515 e. The molecule has 0 atom stereocenters. The molecule has 1 N–H and O–H groups in total. The van der Waals surface area contributed by atoms with Gasteiger partial charge in [-0.25, -0.2) is 4.79 Å². The van der Waals surface area contributed by atoms with Gasteiger partial charge in [-0.3, -0.25) is 0 Å². The smallest absolute Gasteiger partial charge is 0.336 e. The summed E-state index contributed by atoms with van der Waals surface area (Å²) in [7, 11) is 0. The number of hydrogen-bond donors (Lipinski definition) is 1. The van der Waals surface area contributed by atoms with E-state index in [4.69, 9.17) is 4.74 Å². The monoisotopic (exact) mass is 416 g/mol. The number of aryl methyl sites for hydroxylation is 1. The van der Waals surface area contributed by atoms with E-state index in [0.29, 0.717) is 17.1 Å². The van der Waals surface area contributed by atoms with E-state index in [1.54, 1.807) is 18.2 Å². The van der Waals surface area contributed by atoms with Crippen LogP contribution in [0.4, 0.5) is 0 Å². The van der Waals surface area contributed by atoms with Crippen molar-refractivity contribution < 1.29 is 47.3 Å². The van der Waals surface area contributed by atoms with Crippen LogP contribution in [0.5, 0.6) is 11.5 Å². The molecule has 0 saturated carbocycles. The average Bonchev–Trinajstić information content (AvgIpc) is 2.59. The molecule has 0 amide bonds. The van der Waals surface area contributed by atoms with Crippen LogP contribution < -0.4 is 15.2 Å². The Morgan fingerprint density at radius 2 is 1.88 bits per heavy atom. The van der Waals surface area contributed by atoms with E-state index in [9.17, 15) is 9.90 Å². The maximum absolute atomic E-state index is 11.8. The van der Waals surface area contributed by atoms with Crippen molar-refractivity contribution in [2.24, 2.45) is 0 Å². The Kier molecular flexibility index (Phi) is 5.13. The summed E-state index contributed by atoms with van der Waals surface area (Å²) in [4.78, 5) is 11.8. The molecule has 1 radical (unpaired) electrons. The standard InChI is InChI=1S/C22H15O3.Y/c1-13-7-9-15(18(11-13)22(23)24)21-16-5-3-4-6-19(16)25-20-12-14(2)8-10-17(20)21;/h3,5-12H,2H2,1H3,(H,23,24);/q-1;. The fourth-order valence-electron chi connectivity index (χ4n) is 3.17. The van der Waals surface area contributed by atoms with E-state index in [2.05, 4.69) is 12.6 Å². The maximum atomic E-state index is 11.8. The van der Waals surface area contributed by atoms with Crippen LogP contribution in [0.15, 0.2) is 54.6 Å². The molecule has 0 aromatic heterocycles. The van der Waals surface area contributed by atoms with Gasteiger partial charge in [-0.2, -0.15) is 18.2 Å². The molecule has 3 nitrogen and oxygen atoms in total. The minimum Gasteiger partial charge on any atom is -0.515 e. The van der Waals surface area contributed by atoms with Crippen LogP contribution in [0.2, 0.25) is 0 Å². The van der Waals surface area contributed by atoms with Gasteiger partial charge in [0.15, 0.2) is 0 Å². The summed E-state index contributed by atoms with van der Waals surface area (Å²) < 4.78 is 5.99. The summed E-state index contributed by atoms with van der Waals surface area (Å²) in [6.45, 7) is 5.83. The molecule has 0 unspecified atom stereocenters. The third-order valence-electron chi connectivity index (χ3n) is 4.31. The van der Waals surface area contributed by atoms with Crippen LogP contribution in [0.3, 0.4) is 0 Å². The summed E-state index contributed by atoms with van der Waals surface area (Å²) >= 11 is 0. The molecule has 3 aromatic rings. The number of fused-ring (bicyclic) bond motifs is 2. The van der Waals surface area contributed by atoms with Crippen molar-refractivity contribution in [2.45, 2.75) is 6.92 Å². The first-order chi connectivity index (χ1) is 12.0. The van der Waals surface area contributed by atoms with Crippen molar-refractivity contribution in [2.75, 3.05) is 0 Å². The van der Waals surface area contributed by atoms with Crippen molar-refractivity contribution in [3.05, 3.63) is 93.4 Å². The first-order valence-electron chi connectivity index (χ1n) is 7.90. The topological polar surface area (TPSA) is 46.5 Å². The molecule has 4 rings (SSSR count). The van der Waals surface area contributed by atoms with Gasteiger partial charge in [-0.1, -0.05) is 42.0 Å². The molecule has 1 heterocycles. The Labute approximate surface area is 176 Å². The maximum Gasteiger partial charge on any atom is 0.336 e. The zero-order valence-electron chi connectivity index (χ0n) is 14.2. The minimum absolute atomic E-state index is 0. The van der Waals surface area contributed by atoms with E-state index in [1.165, 1.54) is 0 Å². The summed E-state index contributed by atoms with van der Waals surface area (Å²) in [5.41, 5.74) is 3.56. The number of benzene rings is 3. The third-order valence-corrected chi connectivity index (χ3v) is 4.31. The Hall–Kier alpha value is -2.23. The summed E-state index contributed by atoms with van der Waals surface area (Å²) in [5, 5.41) is 11.4. The zero-order chi connectivity index (χ0) is 17.6. The van der Waals surface area contributed by atoms with Crippen LogP contribution in [-0.2, 0) is 32.7 Å². The van der Waals surface area contributed by atoms with Crippen molar-refractivity contribution in [1.29, 1.82) is 0 Å². The summed E-state index contributed by atoms with van der Waals surface area (Å²) in [6, 6.07) is 19.7. The van der Waals surface area contributed by atoms with Gasteiger partial charge in [0, 0.05) is 43.7 Å². The Bertz CT molecular complexity index is 1130. The van der Waals surface area contributed by atoms with Gasteiger partial charge >= 0.3 is 5.97 Å². The Morgan fingerprint density at radius 1 is 1.08 bits per heavy atom. The van der Waals surface area contributed by atoms with Gasteiger partial charge in [0.25, 0.3) is 0 Å². The average molecular weight is 416 g/mol. The molecule has 0 spiro atoms. The number of carbonyl (C=O) groups is 1.